The van der Waals surface area contributed by atoms with Crippen LogP contribution in [0.1, 0.15) is 36.7 Å². The maximum absolute atomic E-state index is 13.3. The van der Waals surface area contributed by atoms with E-state index in [0.717, 1.165) is 31.8 Å². The van der Waals surface area contributed by atoms with Gasteiger partial charge in [0.15, 0.2) is 11.5 Å². The van der Waals surface area contributed by atoms with E-state index in [1.54, 1.807) is 19.2 Å². The highest BCUT2D eigenvalue weighted by Gasteiger charge is 2.25. The van der Waals surface area contributed by atoms with Crippen LogP contribution >= 0.6 is 0 Å². The van der Waals surface area contributed by atoms with Crippen molar-refractivity contribution in [2.45, 2.75) is 27.2 Å². The van der Waals surface area contributed by atoms with Gasteiger partial charge < -0.3 is 23.8 Å². The van der Waals surface area contributed by atoms with Crippen molar-refractivity contribution in [3.8, 4) is 23.0 Å². The Kier molecular flexibility index (Phi) is 9.24. The number of amides is 1. The van der Waals surface area contributed by atoms with Crippen molar-refractivity contribution in [1.29, 1.82) is 0 Å². The molecule has 1 saturated heterocycles. The first kappa shape index (κ1) is 24.7. The van der Waals surface area contributed by atoms with Gasteiger partial charge in [-0.2, -0.15) is 0 Å². The minimum atomic E-state index is -0.00485. The van der Waals surface area contributed by atoms with Crippen molar-refractivity contribution < 1.29 is 23.7 Å². The molecular formula is C26H36N2O5. The van der Waals surface area contributed by atoms with E-state index >= 15 is 0 Å². The first-order valence-corrected chi connectivity index (χ1v) is 11.8. The van der Waals surface area contributed by atoms with E-state index in [4.69, 9.17) is 18.9 Å². The van der Waals surface area contributed by atoms with E-state index in [1.165, 1.54) is 5.56 Å². The molecule has 7 heteroatoms. The van der Waals surface area contributed by atoms with E-state index in [1.807, 2.05) is 37.8 Å². The predicted octanol–water partition coefficient (Wildman–Crippen LogP) is 3.89. The van der Waals surface area contributed by atoms with Gasteiger partial charge in [-0.1, -0.05) is 12.1 Å². The van der Waals surface area contributed by atoms with Gasteiger partial charge in [-0.3, -0.25) is 9.69 Å². The molecule has 1 aliphatic rings. The number of rotatable bonds is 11. The van der Waals surface area contributed by atoms with Crippen LogP contribution in [0, 0.1) is 0 Å². The molecule has 0 aromatic heterocycles. The minimum Gasteiger partial charge on any atom is -0.497 e. The molecule has 3 rings (SSSR count). The van der Waals surface area contributed by atoms with E-state index in [0.29, 0.717) is 55.7 Å². The van der Waals surface area contributed by atoms with Gasteiger partial charge in [0.05, 0.1) is 26.9 Å². The van der Waals surface area contributed by atoms with Crippen LogP contribution in [0.4, 0.5) is 0 Å². The van der Waals surface area contributed by atoms with Gasteiger partial charge in [0.1, 0.15) is 5.75 Å². The van der Waals surface area contributed by atoms with Crippen molar-refractivity contribution in [2.75, 3.05) is 59.7 Å². The maximum atomic E-state index is 13.3. The maximum Gasteiger partial charge on any atom is 0.254 e. The fourth-order valence-electron chi connectivity index (χ4n) is 3.95. The molecule has 0 aliphatic carbocycles. The van der Waals surface area contributed by atoms with E-state index in [2.05, 4.69) is 17.0 Å². The molecule has 2 aromatic carbocycles. The average Bonchev–Trinajstić information content (AvgIpc) is 2.85. The topological polar surface area (TPSA) is 60.5 Å². The number of carbonyl (C=O) groups excluding carboxylic acids is 1. The number of hydrogen-bond acceptors (Lipinski definition) is 6. The number of methoxy groups -OCH3 is 1. The number of piperazine rings is 1. The lowest BCUT2D eigenvalue weighted by Crippen LogP contribution is -2.49. The summed E-state index contributed by atoms with van der Waals surface area (Å²) in [5.41, 5.74) is 1.85. The molecule has 0 saturated carbocycles. The molecule has 0 radical (unpaired) electrons. The Morgan fingerprint density at radius 2 is 1.42 bits per heavy atom. The summed E-state index contributed by atoms with van der Waals surface area (Å²) in [6.07, 6.45) is 0.978. The summed E-state index contributed by atoms with van der Waals surface area (Å²) < 4.78 is 22.5. The zero-order valence-electron chi connectivity index (χ0n) is 20.3. The summed E-state index contributed by atoms with van der Waals surface area (Å²) in [7, 11) is 1.68. The highest BCUT2D eigenvalue weighted by molar-refractivity contribution is 5.95. The van der Waals surface area contributed by atoms with Gasteiger partial charge in [0, 0.05) is 38.3 Å². The highest BCUT2D eigenvalue weighted by Crippen LogP contribution is 2.39. The van der Waals surface area contributed by atoms with E-state index < -0.39 is 0 Å². The largest absolute Gasteiger partial charge is 0.497 e. The lowest BCUT2D eigenvalue weighted by Gasteiger charge is -2.35. The Labute approximate surface area is 197 Å². The summed E-state index contributed by atoms with van der Waals surface area (Å²) in [6.45, 7) is 11.3. The number of benzene rings is 2. The first-order chi connectivity index (χ1) is 16.1. The van der Waals surface area contributed by atoms with Crippen molar-refractivity contribution in [2.24, 2.45) is 0 Å². The van der Waals surface area contributed by atoms with Gasteiger partial charge in [-0.05, 0) is 57.0 Å². The third-order valence-electron chi connectivity index (χ3n) is 5.69. The van der Waals surface area contributed by atoms with Crippen LogP contribution in [-0.2, 0) is 6.42 Å². The molecule has 0 bridgehead atoms. The van der Waals surface area contributed by atoms with Gasteiger partial charge >= 0.3 is 0 Å². The Morgan fingerprint density at radius 3 is 1.94 bits per heavy atom. The van der Waals surface area contributed by atoms with Crippen molar-refractivity contribution >= 4 is 5.91 Å². The normalized spacial score (nSPS) is 14.1. The summed E-state index contributed by atoms with van der Waals surface area (Å²) >= 11 is 0. The lowest BCUT2D eigenvalue weighted by atomic mass is 10.1. The molecule has 1 heterocycles. The monoisotopic (exact) mass is 456 g/mol. The Balaban J connectivity index is 1.62. The number of nitrogens with zero attached hydrogens (tertiary/aromatic N) is 2. The molecular weight excluding hydrogens is 420 g/mol. The van der Waals surface area contributed by atoms with Crippen LogP contribution < -0.4 is 18.9 Å². The van der Waals surface area contributed by atoms with Crippen LogP contribution in [0.5, 0.6) is 23.0 Å². The lowest BCUT2D eigenvalue weighted by molar-refractivity contribution is 0.0637. The van der Waals surface area contributed by atoms with Gasteiger partial charge in [-0.25, -0.2) is 0 Å². The summed E-state index contributed by atoms with van der Waals surface area (Å²) in [5, 5.41) is 0. The molecule has 1 amide bonds. The molecule has 0 unspecified atom stereocenters. The minimum absolute atomic E-state index is 0.00485. The van der Waals surface area contributed by atoms with Crippen LogP contribution in [0.2, 0.25) is 0 Å². The molecule has 180 valence electrons. The van der Waals surface area contributed by atoms with E-state index in [-0.39, 0.29) is 5.91 Å². The molecule has 1 aliphatic heterocycles. The number of ether oxygens (including phenoxy) is 4. The van der Waals surface area contributed by atoms with Crippen LogP contribution in [0.15, 0.2) is 36.4 Å². The number of hydrogen-bond donors (Lipinski definition) is 0. The molecule has 0 N–H and O–H groups in total. The quantitative estimate of drug-likeness (QED) is 0.511. The van der Waals surface area contributed by atoms with Crippen LogP contribution in [0.25, 0.3) is 0 Å². The van der Waals surface area contributed by atoms with Crippen molar-refractivity contribution in [3.05, 3.63) is 47.5 Å². The second-order valence-corrected chi connectivity index (χ2v) is 7.83. The molecule has 0 atom stereocenters. The summed E-state index contributed by atoms with van der Waals surface area (Å²) in [5.74, 6) is 2.52. The second kappa shape index (κ2) is 12.3. The van der Waals surface area contributed by atoms with Crippen molar-refractivity contribution in [1.82, 2.24) is 9.80 Å². The predicted molar refractivity (Wildman–Crippen MR) is 129 cm³/mol. The number of carbonyl (C=O) groups is 1. The fourth-order valence-corrected chi connectivity index (χ4v) is 3.95. The Bertz CT molecular complexity index is 865. The first-order valence-electron chi connectivity index (χ1n) is 11.8. The standard InChI is InChI=1S/C26H36N2O5/c1-5-31-23-18-21(19-24(32-6-2)25(23)33-7-3)26(29)28-16-14-27(15-17-28)13-12-20-8-10-22(30-4)11-9-20/h8-11,18-19H,5-7,12-17H2,1-4H3. The van der Waals surface area contributed by atoms with E-state index in [9.17, 15) is 4.79 Å². The summed E-state index contributed by atoms with van der Waals surface area (Å²) in [4.78, 5) is 17.6. The molecule has 7 nitrogen and oxygen atoms in total. The average molecular weight is 457 g/mol. The SMILES string of the molecule is CCOc1cc(C(=O)N2CCN(CCc3ccc(OC)cc3)CC2)cc(OCC)c1OCC. The van der Waals surface area contributed by atoms with Gasteiger partial charge in [0.2, 0.25) is 5.75 Å². The smallest absolute Gasteiger partial charge is 0.254 e. The van der Waals surface area contributed by atoms with Crippen LogP contribution in [-0.4, -0.2) is 75.4 Å². The molecule has 0 spiro atoms. The van der Waals surface area contributed by atoms with Gasteiger partial charge in [-0.15, -0.1) is 0 Å². The highest BCUT2D eigenvalue weighted by atomic mass is 16.5. The Hall–Kier alpha value is -2.93. The second-order valence-electron chi connectivity index (χ2n) is 7.83. The van der Waals surface area contributed by atoms with Crippen molar-refractivity contribution in [3.63, 3.8) is 0 Å². The molecule has 1 fully saturated rings. The Morgan fingerprint density at radius 1 is 0.848 bits per heavy atom. The zero-order valence-corrected chi connectivity index (χ0v) is 20.3. The fraction of sp³-hybridized carbons (Fsp3) is 0.500. The zero-order chi connectivity index (χ0) is 23.6. The third-order valence-corrected chi connectivity index (χ3v) is 5.69. The van der Waals surface area contributed by atoms with Gasteiger partial charge in [0.25, 0.3) is 5.91 Å². The third kappa shape index (κ3) is 6.54. The summed E-state index contributed by atoms with van der Waals surface area (Å²) in [6, 6.07) is 11.8. The van der Waals surface area contributed by atoms with Crippen LogP contribution in [0.3, 0.4) is 0 Å². The molecule has 33 heavy (non-hydrogen) atoms. The molecule has 2 aromatic rings.